The molecule has 3 aromatic rings. The van der Waals surface area contributed by atoms with Gasteiger partial charge in [-0.05, 0) is 37.0 Å². The van der Waals surface area contributed by atoms with Crippen LogP contribution in [0.1, 0.15) is 42.5 Å². The van der Waals surface area contributed by atoms with Crippen LogP contribution in [-0.2, 0) is 0 Å². The standard InChI is InChI=1S/C18H21N5O/c24-11-10-15(13-4-2-1-3-5-13)12-19-16-8-9-17-20-21-18(14-6-7-14)23(17)22-16/h1-5,8-9,14-15,24H,6-7,10-12H2,(H,19,22). The fourth-order valence-electron chi connectivity index (χ4n) is 2.99. The van der Waals surface area contributed by atoms with Crippen molar-refractivity contribution in [2.24, 2.45) is 0 Å². The van der Waals surface area contributed by atoms with E-state index in [1.54, 1.807) is 0 Å². The summed E-state index contributed by atoms with van der Waals surface area (Å²) < 4.78 is 1.85. The van der Waals surface area contributed by atoms with Gasteiger partial charge in [-0.3, -0.25) is 0 Å². The Balaban J connectivity index is 1.51. The summed E-state index contributed by atoms with van der Waals surface area (Å²) >= 11 is 0. The summed E-state index contributed by atoms with van der Waals surface area (Å²) in [5.74, 6) is 2.53. The van der Waals surface area contributed by atoms with Gasteiger partial charge in [-0.2, -0.15) is 4.52 Å². The number of aromatic nitrogens is 4. The van der Waals surface area contributed by atoms with Crippen LogP contribution in [-0.4, -0.2) is 38.1 Å². The maximum Gasteiger partial charge on any atom is 0.178 e. The van der Waals surface area contributed by atoms with Crippen molar-refractivity contribution in [2.75, 3.05) is 18.5 Å². The number of anilines is 1. The smallest absolute Gasteiger partial charge is 0.178 e. The van der Waals surface area contributed by atoms with Gasteiger partial charge in [-0.25, -0.2) is 0 Å². The molecule has 2 heterocycles. The Morgan fingerprint density at radius 1 is 1.12 bits per heavy atom. The van der Waals surface area contributed by atoms with Gasteiger partial charge in [0.1, 0.15) is 5.82 Å². The van der Waals surface area contributed by atoms with Gasteiger partial charge in [-0.1, -0.05) is 30.3 Å². The van der Waals surface area contributed by atoms with Crippen molar-refractivity contribution < 1.29 is 5.11 Å². The highest BCUT2D eigenvalue weighted by Crippen LogP contribution is 2.38. The molecule has 1 saturated carbocycles. The Bertz CT molecular complexity index is 813. The summed E-state index contributed by atoms with van der Waals surface area (Å²) in [4.78, 5) is 0. The molecule has 1 aromatic carbocycles. The highest BCUT2D eigenvalue weighted by Gasteiger charge is 2.29. The lowest BCUT2D eigenvalue weighted by Crippen LogP contribution is -2.15. The molecule has 1 aliphatic carbocycles. The minimum Gasteiger partial charge on any atom is -0.396 e. The Morgan fingerprint density at radius 2 is 1.96 bits per heavy atom. The second-order valence-electron chi connectivity index (χ2n) is 6.32. The molecule has 1 atom stereocenters. The van der Waals surface area contributed by atoms with Crippen LogP contribution >= 0.6 is 0 Å². The lowest BCUT2D eigenvalue weighted by atomic mass is 9.96. The summed E-state index contributed by atoms with van der Waals surface area (Å²) in [6.07, 6.45) is 3.07. The molecule has 0 spiro atoms. The number of hydrogen-bond acceptors (Lipinski definition) is 5. The SMILES string of the molecule is OCCC(CNc1ccc2nnc(C3CC3)n2n1)c1ccccc1. The zero-order valence-corrected chi connectivity index (χ0v) is 13.5. The molecule has 6 nitrogen and oxygen atoms in total. The van der Waals surface area contributed by atoms with E-state index in [2.05, 4.69) is 32.7 Å². The predicted octanol–water partition coefficient (Wildman–Crippen LogP) is 2.58. The molecular weight excluding hydrogens is 302 g/mol. The van der Waals surface area contributed by atoms with Crippen molar-refractivity contribution in [3.05, 3.63) is 53.9 Å². The van der Waals surface area contributed by atoms with Crippen LogP contribution in [0.3, 0.4) is 0 Å². The molecule has 0 radical (unpaired) electrons. The van der Waals surface area contributed by atoms with Crippen molar-refractivity contribution in [3.8, 4) is 0 Å². The molecular formula is C18H21N5O. The minimum absolute atomic E-state index is 0.172. The van der Waals surface area contributed by atoms with Crippen LogP contribution in [0, 0.1) is 0 Å². The fourth-order valence-corrected chi connectivity index (χ4v) is 2.99. The molecule has 24 heavy (non-hydrogen) atoms. The largest absolute Gasteiger partial charge is 0.396 e. The van der Waals surface area contributed by atoms with Crippen LogP contribution in [0.15, 0.2) is 42.5 Å². The molecule has 0 bridgehead atoms. The average molecular weight is 323 g/mol. The Kier molecular flexibility index (Phi) is 4.13. The number of hydrogen-bond donors (Lipinski definition) is 2. The summed E-state index contributed by atoms with van der Waals surface area (Å²) in [7, 11) is 0. The third-order valence-corrected chi connectivity index (χ3v) is 4.51. The van der Waals surface area contributed by atoms with Crippen LogP contribution in [0.4, 0.5) is 5.82 Å². The van der Waals surface area contributed by atoms with E-state index in [1.807, 2.05) is 34.8 Å². The Morgan fingerprint density at radius 3 is 2.71 bits per heavy atom. The van der Waals surface area contributed by atoms with Gasteiger partial charge in [-0.15, -0.1) is 15.3 Å². The highest BCUT2D eigenvalue weighted by molar-refractivity contribution is 5.44. The highest BCUT2D eigenvalue weighted by atomic mass is 16.3. The number of nitrogens with zero attached hydrogens (tertiary/aromatic N) is 4. The van der Waals surface area contributed by atoms with Crippen molar-refractivity contribution in [3.63, 3.8) is 0 Å². The van der Waals surface area contributed by atoms with Gasteiger partial charge in [0.25, 0.3) is 0 Å². The minimum atomic E-state index is 0.172. The second-order valence-corrected chi connectivity index (χ2v) is 6.32. The van der Waals surface area contributed by atoms with Crippen LogP contribution in [0.25, 0.3) is 5.65 Å². The molecule has 0 aliphatic heterocycles. The quantitative estimate of drug-likeness (QED) is 0.699. The topological polar surface area (TPSA) is 75.3 Å². The van der Waals surface area contributed by atoms with E-state index in [0.717, 1.165) is 30.3 Å². The Hall–Kier alpha value is -2.47. The van der Waals surface area contributed by atoms with E-state index in [0.29, 0.717) is 5.92 Å². The van der Waals surface area contributed by atoms with Gasteiger partial charge in [0.05, 0.1) is 0 Å². The van der Waals surface area contributed by atoms with E-state index in [1.165, 1.54) is 18.4 Å². The maximum atomic E-state index is 9.35. The van der Waals surface area contributed by atoms with Gasteiger partial charge >= 0.3 is 0 Å². The van der Waals surface area contributed by atoms with Gasteiger partial charge < -0.3 is 10.4 Å². The lowest BCUT2D eigenvalue weighted by Gasteiger charge is -2.17. The normalized spacial score (nSPS) is 15.5. The molecule has 124 valence electrons. The second kappa shape index (κ2) is 6.57. The van der Waals surface area contributed by atoms with E-state index < -0.39 is 0 Å². The number of aliphatic hydroxyl groups is 1. The molecule has 4 rings (SSSR count). The third kappa shape index (κ3) is 3.10. The zero-order valence-electron chi connectivity index (χ0n) is 13.5. The first-order valence-corrected chi connectivity index (χ1v) is 8.47. The van der Waals surface area contributed by atoms with E-state index in [-0.39, 0.29) is 12.5 Å². The molecule has 6 heteroatoms. The van der Waals surface area contributed by atoms with Crippen molar-refractivity contribution in [1.29, 1.82) is 0 Å². The summed E-state index contributed by atoms with van der Waals surface area (Å²) in [6, 6.07) is 14.1. The van der Waals surface area contributed by atoms with Gasteiger partial charge in [0.2, 0.25) is 0 Å². The van der Waals surface area contributed by atoms with E-state index in [9.17, 15) is 5.11 Å². The number of rotatable bonds is 7. The van der Waals surface area contributed by atoms with Crippen LogP contribution in [0.5, 0.6) is 0 Å². The first-order chi connectivity index (χ1) is 11.8. The number of fused-ring (bicyclic) bond motifs is 1. The number of aliphatic hydroxyl groups excluding tert-OH is 1. The summed E-state index contributed by atoms with van der Waals surface area (Å²) in [5.41, 5.74) is 2.01. The molecule has 1 unspecified atom stereocenters. The Labute approximate surface area is 140 Å². The maximum absolute atomic E-state index is 9.35. The average Bonchev–Trinajstić information content (AvgIpc) is 3.38. The van der Waals surface area contributed by atoms with E-state index in [4.69, 9.17) is 0 Å². The molecule has 2 aromatic heterocycles. The first kappa shape index (κ1) is 15.1. The van der Waals surface area contributed by atoms with Gasteiger partial charge in [0.15, 0.2) is 11.5 Å². The third-order valence-electron chi connectivity index (χ3n) is 4.51. The summed E-state index contributed by atoms with van der Waals surface area (Å²) in [5, 5.41) is 25.8. The van der Waals surface area contributed by atoms with Gasteiger partial charge in [0, 0.05) is 25.0 Å². The zero-order chi connectivity index (χ0) is 16.4. The summed E-state index contributed by atoms with van der Waals surface area (Å²) in [6.45, 7) is 0.898. The lowest BCUT2D eigenvalue weighted by molar-refractivity contribution is 0.277. The molecule has 2 N–H and O–H groups in total. The first-order valence-electron chi connectivity index (χ1n) is 8.47. The van der Waals surface area contributed by atoms with Crippen molar-refractivity contribution >= 4 is 11.5 Å². The molecule has 0 saturated heterocycles. The monoisotopic (exact) mass is 323 g/mol. The molecule has 1 aliphatic rings. The van der Waals surface area contributed by atoms with Crippen molar-refractivity contribution in [2.45, 2.75) is 31.1 Å². The van der Waals surface area contributed by atoms with Crippen LogP contribution < -0.4 is 5.32 Å². The van der Waals surface area contributed by atoms with Crippen molar-refractivity contribution in [1.82, 2.24) is 19.8 Å². The van der Waals surface area contributed by atoms with Crippen LogP contribution in [0.2, 0.25) is 0 Å². The number of benzene rings is 1. The molecule has 0 amide bonds. The van der Waals surface area contributed by atoms with E-state index >= 15 is 0 Å². The molecule has 1 fully saturated rings. The predicted molar refractivity (Wildman–Crippen MR) is 92.1 cm³/mol. The fraction of sp³-hybridized carbons (Fsp3) is 0.389. The number of nitrogens with one attached hydrogen (secondary N) is 1.